The molecule has 0 radical (unpaired) electrons. The molecule has 8 rings (SSSR count). The summed E-state index contributed by atoms with van der Waals surface area (Å²) in [6.07, 6.45) is 5.51. The van der Waals surface area contributed by atoms with Gasteiger partial charge in [-0.3, -0.25) is 9.59 Å². The number of nitrogens with zero attached hydrogens (tertiary/aromatic N) is 2. The van der Waals surface area contributed by atoms with Crippen molar-refractivity contribution >= 4 is 51.5 Å². The molecule has 4 aliphatic heterocycles. The second-order valence-corrected chi connectivity index (χ2v) is 16.6. The average molecular weight is 848 g/mol. The quantitative estimate of drug-likeness (QED) is 0.154. The summed E-state index contributed by atoms with van der Waals surface area (Å²) in [6.45, 7) is 22.2. The lowest BCUT2D eigenvalue weighted by Gasteiger charge is -2.38. The smallest absolute Gasteiger partial charge is 0.487 e. The molecule has 300 valence electrons. The van der Waals surface area contributed by atoms with Crippen LogP contribution in [0, 0.1) is 25.0 Å². The summed E-state index contributed by atoms with van der Waals surface area (Å²) in [7, 11) is -1.49. The van der Waals surface area contributed by atoms with Gasteiger partial charge in [0.25, 0.3) is 0 Å². The largest absolute Gasteiger partial charge is 0.489 e. The number of carbonyl (C=O) groups is 2. The predicted octanol–water partition coefficient (Wildman–Crippen LogP) is 9.35. The van der Waals surface area contributed by atoms with Crippen molar-refractivity contribution in [3.05, 3.63) is 123 Å². The number of benzene rings is 4. The van der Waals surface area contributed by atoms with Gasteiger partial charge in [0, 0.05) is 29.2 Å². The van der Waals surface area contributed by atoms with Crippen LogP contribution in [0.15, 0.2) is 89.4 Å². The Bertz CT molecular complexity index is 2180. The number of Topliss-reactive ketones (excluding diaryl/α,β-unsaturated/α-hetero) is 2. The van der Waals surface area contributed by atoms with Crippen molar-refractivity contribution in [2.45, 2.75) is 103 Å². The number of halogens is 1. The zero-order chi connectivity index (χ0) is 41.5. The third kappa shape index (κ3) is 10.8. The summed E-state index contributed by atoms with van der Waals surface area (Å²) in [4.78, 5) is 31.8. The topological polar surface area (TPSA) is 120 Å². The van der Waals surface area contributed by atoms with Crippen molar-refractivity contribution in [1.82, 2.24) is 0 Å². The Labute approximate surface area is 349 Å². The van der Waals surface area contributed by atoms with Crippen LogP contribution in [0.4, 0.5) is 11.4 Å². The van der Waals surface area contributed by atoms with Crippen molar-refractivity contribution in [2.24, 2.45) is 11.8 Å². The zero-order valence-electron chi connectivity index (χ0n) is 33.1. The fourth-order valence-electron chi connectivity index (χ4n) is 8.40. The molecular formula is C46H48BBrN2O8. The molecule has 58 heavy (non-hydrogen) atoms. The highest BCUT2D eigenvalue weighted by Crippen LogP contribution is 2.39. The number of hydrogen-bond acceptors (Lipinski definition) is 8. The van der Waals surface area contributed by atoms with Gasteiger partial charge >= 0.3 is 7.12 Å². The first-order valence-corrected chi connectivity index (χ1v) is 20.5. The van der Waals surface area contributed by atoms with Crippen LogP contribution in [-0.4, -0.2) is 65.4 Å². The van der Waals surface area contributed by atoms with Crippen LogP contribution in [-0.2, 0) is 9.47 Å². The first-order chi connectivity index (χ1) is 27.8. The molecule has 0 bridgehead atoms. The van der Waals surface area contributed by atoms with E-state index in [2.05, 4.69) is 53.3 Å². The van der Waals surface area contributed by atoms with E-state index < -0.39 is 7.12 Å². The Hall–Kier alpha value is -4.82. The molecule has 10 nitrogen and oxygen atoms in total. The van der Waals surface area contributed by atoms with Crippen molar-refractivity contribution in [1.29, 1.82) is 0 Å². The zero-order valence-corrected chi connectivity index (χ0v) is 34.7. The molecule has 4 aliphatic rings. The first kappa shape index (κ1) is 42.8. The van der Waals surface area contributed by atoms with Crippen LogP contribution in [0.1, 0.15) is 86.9 Å². The molecule has 2 fully saturated rings. The SMILES string of the molecule is CC1CC(C2CC(=O)c3cc(Br)ccc3O2)CC(C)O1.[C-]#[N+]c1cccc(-c2ccc3c(c2)C(=O)CC(C2CC(C)OC(C)C2)O3)c1.[C-]#[N+]c1cccc(B(O)O)c1. The molecule has 0 saturated carbocycles. The fraction of sp³-hybridized carbons (Fsp3) is 0.391. The van der Waals surface area contributed by atoms with Gasteiger partial charge in [0.1, 0.15) is 23.7 Å². The van der Waals surface area contributed by atoms with Crippen molar-refractivity contribution in [3.8, 4) is 22.6 Å². The summed E-state index contributed by atoms with van der Waals surface area (Å²) in [5.41, 5.74) is 4.56. The van der Waals surface area contributed by atoms with E-state index in [1.807, 2.05) is 54.6 Å². The molecule has 4 aromatic rings. The molecule has 4 aromatic carbocycles. The molecule has 0 aromatic heterocycles. The van der Waals surface area contributed by atoms with Gasteiger partial charge in [-0.1, -0.05) is 64.5 Å². The van der Waals surface area contributed by atoms with E-state index in [0.29, 0.717) is 58.4 Å². The van der Waals surface area contributed by atoms with Gasteiger partial charge in [0.05, 0.1) is 48.7 Å². The van der Waals surface area contributed by atoms with Crippen molar-refractivity contribution in [3.63, 3.8) is 0 Å². The molecule has 0 aliphatic carbocycles. The van der Waals surface area contributed by atoms with E-state index in [1.54, 1.807) is 24.3 Å². The number of rotatable bonds is 4. The molecule has 6 unspecified atom stereocenters. The lowest BCUT2D eigenvalue weighted by atomic mass is 9.80. The van der Waals surface area contributed by atoms with E-state index in [4.69, 9.17) is 42.1 Å². The number of carbonyl (C=O) groups excluding carboxylic acids is 2. The minimum Gasteiger partial charge on any atom is -0.489 e. The van der Waals surface area contributed by atoms with Crippen LogP contribution in [0.2, 0.25) is 0 Å². The van der Waals surface area contributed by atoms with Crippen molar-refractivity contribution < 1.29 is 38.6 Å². The van der Waals surface area contributed by atoms with E-state index in [9.17, 15) is 9.59 Å². The number of fused-ring (bicyclic) bond motifs is 2. The van der Waals surface area contributed by atoms with E-state index >= 15 is 0 Å². The minimum atomic E-state index is -1.49. The molecule has 0 amide bonds. The number of ether oxygens (including phenoxy) is 4. The van der Waals surface area contributed by atoms with Crippen molar-refractivity contribution in [2.75, 3.05) is 0 Å². The average Bonchev–Trinajstić information content (AvgIpc) is 3.20. The van der Waals surface area contributed by atoms with Gasteiger partial charge in [-0.2, -0.15) is 0 Å². The second kappa shape index (κ2) is 19.3. The van der Waals surface area contributed by atoms with Crippen LogP contribution in [0.25, 0.3) is 20.8 Å². The van der Waals surface area contributed by atoms with Gasteiger partial charge in [0.15, 0.2) is 22.9 Å². The molecule has 2 saturated heterocycles. The highest BCUT2D eigenvalue weighted by molar-refractivity contribution is 9.10. The van der Waals surface area contributed by atoms with E-state index in [0.717, 1.165) is 47.0 Å². The van der Waals surface area contributed by atoms with Gasteiger partial charge in [-0.25, -0.2) is 9.69 Å². The highest BCUT2D eigenvalue weighted by atomic mass is 79.9. The first-order valence-electron chi connectivity index (χ1n) is 19.8. The molecule has 6 atom stereocenters. The third-order valence-corrected chi connectivity index (χ3v) is 11.5. The Balaban J connectivity index is 0.000000160. The van der Waals surface area contributed by atoms with Crippen LogP contribution in [0.5, 0.6) is 11.5 Å². The maximum absolute atomic E-state index is 12.8. The Kier molecular flexibility index (Phi) is 14.2. The lowest BCUT2D eigenvalue weighted by molar-refractivity contribution is -0.0750. The maximum atomic E-state index is 12.8. The fourth-order valence-corrected chi connectivity index (χ4v) is 8.77. The lowest BCUT2D eigenvalue weighted by Crippen LogP contribution is -2.41. The van der Waals surface area contributed by atoms with Crippen LogP contribution >= 0.6 is 15.9 Å². The summed E-state index contributed by atoms with van der Waals surface area (Å²) < 4.78 is 24.9. The van der Waals surface area contributed by atoms with Crippen LogP contribution in [0.3, 0.4) is 0 Å². The molecule has 0 spiro atoms. The molecule has 12 heteroatoms. The van der Waals surface area contributed by atoms with Gasteiger partial charge in [-0.05, 0) is 106 Å². The van der Waals surface area contributed by atoms with Crippen LogP contribution < -0.4 is 14.9 Å². The van der Waals surface area contributed by atoms with Gasteiger partial charge in [-0.15, -0.1) is 0 Å². The third-order valence-electron chi connectivity index (χ3n) is 11.0. The summed E-state index contributed by atoms with van der Waals surface area (Å²) >= 11 is 3.40. The predicted molar refractivity (Wildman–Crippen MR) is 227 cm³/mol. The molecular weight excluding hydrogens is 799 g/mol. The second-order valence-electron chi connectivity index (χ2n) is 15.6. The Morgan fingerprint density at radius 1 is 0.621 bits per heavy atom. The Morgan fingerprint density at radius 3 is 1.60 bits per heavy atom. The van der Waals surface area contributed by atoms with E-state index in [-0.39, 0.29) is 48.2 Å². The maximum Gasteiger partial charge on any atom is 0.487 e. The summed E-state index contributed by atoms with van der Waals surface area (Å²) in [5, 5.41) is 17.4. The summed E-state index contributed by atoms with van der Waals surface area (Å²) in [6, 6.07) is 25.1. The Morgan fingerprint density at radius 2 is 1.09 bits per heavy atom. The monoisotopic (exact) mass is 846 g/mol. The highest BCUT2D eigenvalue weighted by Gasteiger charge is 2.38. The molecule has 4 heterocycles. The van der Waals surface area contributed by atoms with Gasteiger partial charge in [0.2, 0.25) is 0 Å². The summed E-state index contributed by atoms with van der Waals surface area (Å²) in [5.74, 6) is 2.46. The standard InChI is InChI=1S/C23H23NO3.C16H19BrO3.C7H6BNO2/c1-14-9-18(10-15(2)26-14)23-13-21(25)20-12-17(7-8-22(20)27-23)16-5-4-6-19(11-16)24-3;1-9-5-11(6-10(2)19-9)16-8-14(18)13-7-12(17)3-4-15(13)20-16;1-9-7-4-2-3-6(5-7)8(10)11/h4-8,11-12,14-15,18,23H,9-10,13H2,1-2H3;3-4,7,9-11,16H,5-6,8H2,1-2H3;2-5,10-11H. The minimum absolute atomic E-state index is 0.00928. The normalized spacial score (nSPS) is 25.9. The van der Waals surface area contributed by atoms with E-state index in [1.165, 1.54) is 6.07 Å². The number of hydrogen-bond donors (Lipinski definition) is 2. The van der Waals surface area contributed by atoms with Gasteiger partial charge < -0.3 is 29.0 Å². The molecule has 2 N–H and O–H groups in total. The number of ketones is 2.